The summed E-state index contributed by atoms with van der Waals surface area (Å²) in [6.45, 7) is 9.89. The van der Waals surface area contributed by atoms with E-state index in [1.165, 1.54) is 24.1 Å². The molecule has 1 spiro atoms. The fourth-order valence-corrected chi connectivity index (χ4v) is 6.42. The van der Waals surface area contributed by atoms with Crippen LogP contribution in [0.2, 0.25) is 0 Å². The highest BCUT2D eigenvalue weighted by molar-refractivity contribution is 6.38. The van der Waals surface area contributed by atoms with Gasteiger partial charge in [-0.1, -0.05) is 18.5 Å². The van der Waals surface area contributed by atoms with Crippen molar-refractivity contribution in [3.8, 4) is 5.75 Å². The Morgan fingerprint density at radius 2 is 1.83 bits per heavy atom. The summed E-state index contributed by atoms with van der Waals surface area (Å²) in [6, 6.07) is 1.60. The van der Waals surface area contributed by atoms with E-state index in [2.05, 4.69) is 32.4 Å². The number of ether oxygens (including phenoxy) is 4. The zero-order valence-corrected chi connectivity index (χ0v) is 29.7. The molecule has 3 N–H and O–H groups in total. The van der Waals surface area contributed by atoms with E-state index in [1.54, 1.807) is 13.8 Å². The Bertz CT molecular complexity index is 1540. The summed E-state index contributed by atoms with van der Waals surface area (Å²) >= 11 is 0. The molecule has 52 heavy (non-hydrogen) atoms. The summed E-state index contributed by atoms with van der Waals surface area (Å²) in [4.78, 5) is 61.9. The van der Waals surface area contributed by atoms with Crippen LogP contribution in [0.1, 0.15) is 71.3 Å². The first-order valence-corrected chi connectivity index (χ1v) is 17.3. The van der Waals surface area contributed by atoms with Crippen LogP contribution in [0.5, 0.6) is 5.75 Å². The molecule has 3 fully saturated rings. The second kappa shape index (κ2) is 15.7. The van der Waals surface area contributed by atoms with Crippen LogP contribution in [0.15, 0.2) is 41.9 Å². The lowest BCUT2D eigenvalue weighted by molar-refractivity contribution is -0.274. The molecule has 17 heteroatoms. The molecule has 3 heterocycles. The van der Waals surface area contributed by atoms with Gasteiger partial charge in [0.1, 0.15) is 23.9 Å². The first-order chi connectivity index (χ1) is 24.5. The highest BCUT2D eigenvalue weighted by atomic mass is 19.4. The molecule has 5 rings (SSSR count). The maximum Gasteiger partial charge on any atom is 0.573 e. The average molecular weight is 738 g/mol. The third-order valence-corrected chi connectivity index (χ3v) is 9.56. The summed E-state index contributed by atoms with van der Waals surface area (Å²) in [5.41, 5.74) is -1.53. The van der Waals surface area contributed by atoms with Gasteiger partial charge in [0.2, 0.25) is 17.6 Å². The van der Waals surface area contributed by atoms with Crippen LogP contribution in [-0.4, -0.2) is 109 Å². The fourth-order valence-electron chi connectivity index (χ4n) is 6.42. The molecule has 0 bridgehead atoms. The number of hydrogen-bond acceptors (Lipinski definition) is 11. The molecule has 1 aliphatic carbocycles. The Kier molecular flexibility index (Phi) is 11.7. The first kappa shape index (κ1) is 38.8. The number of hydrogen-bond donors (Lipinski definition) is 3. The van der Waals surface area contributed by atoms with Gasteiger partial charge in [0.05, 0.1) is 37.1 Å². The summed E-state index contributed by atoms with van der Waals surface area (Å²) in [7, 11) is 1.44. The SMILES string of the molecule is C=C(N[C@H](C(=O)N1C[C@@]2(CC(c3ccc(OC(F)(F)F)cc3)=NO2)C[C@H]1C(=O)N[C@@H](CCC)C(=O)C(=O)NC1CC1)C(C)(C)OC)O[C@H]1CCOC1. The number of benzene rings is 1. The largest absolute Gasteiger partial charge is 0.573 e. The Morgan fingerprint density at radius 1 is 1.12 bits per heavy atom. The molecule has 1 aromatic rings. The zero-order chi connectivity index (χ0) is 37.8. The van der Waals surface area contributed by atoms with Crippen LogP contribution >= 0.6 is 0 Å². The summed E-state index contributed by atoms with van der Waals surface area (Å²) < 4.78 is 59.1. The van der Waals surface area contributed by atoms with Gasteiger partial charge < -0.3 is 44.6 Å². The Balaban J connectivity index is 1.39. The van der Waals surface area contributed by atoms with E-state index in [4.69, 9.17) is 19.0 Å². The smallest absolute Gasteiger partial charge is 0.474 e. The molecular formula is C35H46F3N5O9. The lowest BCUT2D eigenvalue weighted by atomic mass is 9.91. The quantitative estimate of drug-likeness (QED) is 0.170. The van der Waals surface area contributed by atoms with Gasteiger partial charge in [-0.2, -0.15) is 0 Å². The number of oxime groups is 1. The van der Waals surface area contributed by atoms with Gasteiger partial charge in [-0.3, -0.25) is 19.2 Å². The first-order valence-electron chi connectivity index (χ1n) is 17.3. The van der Waals surface area contributed by atoms with Gasteiger partial charge in [0.15, 0.2) is 11.5 Å². The number of alkyl halides is 3. The van der Waals surface area contributed by atoms with E-state index < -0.39 is 64.9 Å². The number of nitrogens with zero attached hydrogens (tertiary/aromatic N) is 2. The van der Waals surface area contributed by atoms with Crippen molar-refractivity contribution in [3.05, 3.63) is 42.3 Å². The number of carbonyl (C=O) groups is 4. The van der Waals surface area contributed by atoms with E-state index >= 15 is 0 Å². The Hall–Kier alpha value is -4.38. The molecule has 0 aromatic heterocycles. The highest BCUT2D eigenvalue weighted by Crippen LogP contribution is 2.40. The van der Waals surface area contributed by atoms with Crippen molar-refractivity contribution in [2.24, 2.45) is 5.16 Å². The van der Waals surface area contributed by atoms with Crippen molar-refractivity contribution in [2.75, 3.05) is 26.9 Å². The van der Waals surface area contributed by atoms with Gasteiger partial charge in [-0.25, -0.2) is 0 Å². The van der Waals surface area contributed by atoms with E-state index in [0.29, 0.717) is 37.3 Å². The number of Topliss-reactive ketones (excluding diaryl/α,β-unsaturated/α-hetero) is 1. The summed E-state index contributed by atoms with van der Waals surface area (Å²) in [5, 5.41) is 12.6. The van der Waals surface area contributed by atoms with Crippen molar-refractivity contribution in [1.29, 1.82) is 0 Å². The van der Waals surface area contributed by atoms with Gasteiger partial charge >= 0.3 is 6.36 Å². The molecule has 14 nitrogen and oxygen atoms in total. The van der Waals surface area contributed by atoms with Crippen LogP contribution in [0.3, 0.4) is 0 Å². The minimum absolute atomic E-state index is 0.0505. The monoisotopic (exact) mass is 737 g/mol. The van der Waals surface area contributed by atoms with E-state index in [0.717, 1.165) is 25.0 Å². The Labute approximate surface area is 299 Å². The van der Waals surface area contributed by atoms with Gasteiger partial charge in [0, 0.05) is 32.4 Å². The fraction of sp³-hybridized carbons (Fsp3) is 0.629. The number of rotatable bonds is 16. The number of methoxy groups -OCH3 is 1. The topological polar surface area (TPSA) is 166 Å². The van der Waals surface area contributed by atoms with E-state index in [1.807, 2.05) is 6.92 Å². The van der Waals surface area contributed by atoms with E-state index in [9.17, 15) is 32.3 Å². The van der Waals surface area contributed by atoms with Crippen LogP contribution in [0, 0.1) is 0 Å². The predicted molar refractivity (Wildman–Crippen MR) is 179 cm³/mol. The van der Waals surface area contributed by atoms with Gasteiger partial charge in [-0.15, -0.1) is 13.2 Å². The normalized spacial score (nSPS) is 24.1. The number of carbonyl (C=O) groups excluding carboxylic acids is 4. The second-order valence-corrected chi connectivity index (χ2v) is 14.1. The Morgan fingerprint density at radius 3 is 2.42 bits per heavy atom. The molecule has 4 aliphatic rings. The molecular weight excluding hydrogens is 691 g/mol. The van der Waals surface area contributed by atoms with Crippen molar-refractivity contribution < 1.29 is 56.1 Å². The number of likely N-dealkylation sites (tertiary alicyclic amines) is 1. The number of amides is 3. The van der Waals surface area contributed by atoms with Crippen LogP contribution in [0.25, 0.3) is 0 Å². The lowest BCUT2D eigenvalue weighted by Gasteiger charge is -2.37. The predicted octanol–water partition coefficient (Wildman–Crippen LogP) is 2.84. The maximum atomic E-state index is 14.6. The summed E-state index contributed by atoms with van der Waals surface area (Å²) in [6.07, 6.45) is -2.21. The van der Waals surface area contributed by atoms with E-state index in [-0.39, 0.29) is 43.8 Å². The molecule has 1 aromatic carbocycles. The van der Waals surface area contributed by atoms with Crippen molar-refractivity contribution in [2.45, 2.75) is 114 Å². The molecule has 2 saturated heterocycles. The van der Waals surface area contributed by atoms with Crippen molar-refractivity contribution in [1.82, 2.24) is 20.9 Å². The number of halogens is 3. The standard InChI is InChI=1S/C35H46F3N5O9/c1-6-7-25(28(44)31(46)40-22-10-11-22)41-30(45)27-17-34(16-26(42-52-34)21-8-12-23(13-9-21)51-35(36,37)38)19-43(27)32(47)29(33(3,4)48-5)39-20(2)50-24-14-15-49-18-24/h8-9,12-13,22,24-25,27,29,39H,2,6-7,10-11,14-19H2,1,3-5H3,(H,40,46)(H,41,45)/t24-,25-,27-,29+,34+/m0/s1. The minimum Gasteiger partial charge on any atom is -0.474 e. The van der Waals surface area contributed by atoms with Crippen molar-refractivity contribution >= 4 is 29.2 Å². The van der Waals surface area contributed by atoms with Gasteiger partial charge in [-0.05, 0) is 69.5 Å². The molecule has 0 radical (unpaired) electrons. The minimum atomic E-state index is -4.86. The molecule has 5 atom stereocenters. The maximum absolute atomic E-state index is 14.6. The third kappa shape index (κ3) is 9.53. The lowest BCUT2D eigenvalue weighted by Crippen LogP contribution is -2.61. The van der Waals surface area contributed by atoms with Crippen LogP contribution in [-0.2, 0) is 38.2 Å². The second-order valence-electron chi connectivity index (χ2n) is 14.1. The van der Waals surface area contributed by atoms with Crippen molar-refractivity contribution in [3.63, 3.8) is 0 Å². The van der Waals surface area contributed by atoms with Crippen LogP contribution in [0.4, 0.5) is 13.2 Å². The molecule has 0 unspecified atom stereocenters. The molecule has 286 valence electrons. The van der Waals surface area contributed by atoms with Crippen LogP contribution < -0.4 is 20.7 Å². The van der Waals surface area contributed by atoms with Gasteiger partial charge in [0.25, 0.3) is 5.91 Å². The third-order valence-electron chi connectivity index (χ3n) is 9.56. The number of nitrogens with one attached hydrogen (secondary N) is 3. The molecule has 1 saturated carbocycles. The highest BCUT2D eigenvalue weighted by Gasteiger charge is 2.56. The molecule has 3 aliphatic heterocycles. The zero-order valence-electron chi connectivity index (χ0n) is 29.7. The number of ketones is 1. The molecule has 3 amide bonds. The average Bonchev–Trinajstić information content (AvgIpc) is 3.43. The summed E-state index contributed by atoms with van der Waals surface area (Å²) in [5.74, 6) is -3.10.